The Bertz CT molecular complexity index is 1000. The van der Waals surface area contributed by atoms with Gasteiger partial charge < -0.3 is 9.26 Å². The second-order valence-corrected chi connectivity index (χ2v) is 5.90. The Balaban J connectivity index is 1.66. The van der Waals surface area contributed by atoms with E-state index in [1.165, 1.54) is 18.2 Å². The van der Waals surface area contributed by atoms with Gasteiger partial charge in [-0.15, -0.1) is 0 Å². The van der Waals surface area contributed by atoms with Crippen molar-refractivity contribution in [3.8, 4) is 11.4 Å². The molecule has 1 aromatic carbocycles. The van der Waals surface area contributed by atoms with Crippen molar-refractivity contribution in [2.24, 2.45) is 0 Å². The number of pyridine rings is 1. The van der Waals surface area contributed by atoms with Gasteiger partial charge in [0.2, 0.25) is 5.82 Å². The Hall–Kier alpha value is -3.43. The summed E-state index contributed by atoms with van der Waals surface area (Å²) in [5.74, 6) is -1.62. The molecular weight excluding hydrogens is 377 g/mol. The number of alkyl halides is 3. The van der Waals surface area contributed by atoms with E-state index in [1.807, 2.05) is 6.92 Å². The Morgan fingerprint density at radius 2 is 2.04 bits per heavy atom. The largest absolute Gasteiger partial charge is 0.471 e. The van der Waals surface area contributed by atoms with Crippen molar-refractivity contribution in [2.45, 2.75) is 26.6 Å². The number of carbonyl (C=O) groups is 1. The molecule has 0 saturated carbocycles. The van der Waals surface area contributed by atoms with Crippen molar-refractivity contribution in [3.05, 3.63) is 59.2 Å². The van der Waals surface area contributed by atoms with Gasteiger partial charge in [-0.3, -0.25) is 10.3 Å². The highest BCUT2D eigenvalue weighted by molar-refractivity contribution is 5.86. The third-order valence-corrected chi connectivity index (χ3v) is 3.87. The van der Waals surface area contributed by atoms with Gasteiger partial charge in [0.15, 0.2) is 0 Å². The first kappa shape index (κ1) is 19.3. The monoisotopic (exact) mass is 392 g/mol. The number of halogens is 3. The van der Waals surface area contributed by atoms with Crippen LogP contribution in [0.3, 0.4) is 0 Å². The fourth-order valence-electron chi connectivity index (χ4n) is 2.36. The van der Waals surface area contributed by atoms with Gasteiger partial charge in [0, 0.05) is 28.7 Å². The molecule has 10 heteroatoms. The van der Waals surface area contributed by atoms with E-state index in [-0.39, 0.29) is 12.4 Å². The van der Waals surface area contributed by atoms with Crippen molar-refractivity contribution < 1.29 is 27.2 Å². The Kier molecular flexibility index (Phi) is 5.30. The molecule has 0 aliphatic rings. The van der Waals surface area contributed by atoms with Crippen LogP contribution in [-0.4, -0.2) is 21.2 Å². The normalized spacial score (nSPS) is 11.3. The Morgan fingerprint density at radius 1 is 1.25 bits per heavy atom. The molecule has 0 fully saturated rings. The van der Waals surface area contributed by atoms with Crippen LogP contribution in [-0.2, 0) is 17.5 Å². The summed E-state index contributed by atoms with van der Waals surface area (Å²) in [7, 11) is 0. The van der Waals surface area contributed by atoms with E-state index >= 15 is 0 Å². The number of carbonyl (C=O) groups excluding carboxylic acids is 1. The molecule has 2 aromatic heterocycles. The summed E-state index contributed by atoms with van der Waals surface area (Å²) in [4.78, 5) is 19.4. The summed E-state index contributed by atoms with van der Waals surface area (Å²) < 4.78 is 47.1. The number of nitrogens with one attached hydrogen (secondary N) is 1. The number of benzene rings is 1. The van der Waals surface area contributed by atoms with Gasteiger partial charge >= 0.3 is 18.2 Å². The predicted octanol–water partition coefficient (Wildman–Crippen LogP) is 4.52. The minimum absolute atomic E-state index is 0.0612. The molecule has 1 amide bonds. The van der Waals surface area contributed by atoms with E-state index in [0.29, 0.717) is 16.8 Å². The zero-order valence-corrected chi connectivity index (χ0v) is 14.9. The minimum atomic E-state index is -4.71. The molecule has 0 radical (unpaired) electrons. The van der Waals surface area contributed by atoms with Gasteiger partial charge in [0.05, 0.1) is 0 Å². The van der Waals surface area contributed by atoms with Gasteiger partial charge in [-0.05, 0) is 43.7 Å². The third-order valence-electron chi connectivity index (χ3n) is 3.87. The molecule has 3 aromatic rings. The van der Waals surface area contributed by atoms with Crippen molar-refractivity contribution in [1.82, 2.24) is 15.1 Å². The van der Waals surface area contributed by atoms with E-state index < -0.39 is 18.2 Å². The molecular formula is C18H15F3N4O3. The Labute approximate surface area is 157 Å². The first-order valence-corrected chi connectivity index (χ1v) is 8.10. The van der Waals surface area contributed by atoms with Crippen LogP contribution in [0.15, 0.2) is 41.1 Å². The average Bonchev–Trinajstić information content (AvgIpc) is 3.13. The lowest BCUT2D eigenvalue weighted by Gasteiger charge is -2.10. The van der Waals surface area contributed by atoms with Crippen LogP contribution >= 0.6 is 0 Å². The van der Waals surface area contributed by atoms with Crippen LogP contribution in [0.5, 0.6) is 0 Å². The number of ether oxygens (including phenoxy) is 1. The minimum Gasteiger partial charge on any atom is -0.444 e. The molecule has 28 heavy (non-hydrogen) atoms. The van der Waals surface area contributed by atoms with Gasteiger partial charge in [0.1, 0.15) is 6.61 Å². The summed E-state index contributed by atoms with van der Waals surface area (Å²) in [6, 6.07) is 8.07. The molecule has 0 aliphatic heterocycles. The number of amides is 1. The van der Waals surface area contributed by atoms with Crippen LogP contribution in [0.4, 0.5) is 23.7 Å². The average molecular weight is 392 g/mol. The Morgan fingerprint density at radius 3 is 2.68 bits per heavy atom. The van der Waals surface area contributed by atoms with Crippen molar-refractivity contribution in [2.75, 3.05) is 5.32 Å². The molecule has 0 aliphatic carbocycles. The van der Waals surface area contributed by atoms with Gasteiger partial charge in [-0.2, -0.15) is 18.2 Å². The van der Waals surface area contributed by atoms with Crippen molar-refractivity contribution in [1.29, 1.82) is 0 Å². The maximum atomic E-state index is 12.6. The summed E-state index contributed by atoms with van der Waals surface area (Å²) in [5.41, 5.74) is 2.89. The number of aromatic nitrogens is 3. The summed E-state index contributed by atoms with van der Waals surface area (Å²) in [6.45, 7) is 3.54. The molecule has 1 N–H and O–H groups in total. The molecule has 0 spiro atoms. The topological polar surface area (TPSA) is 90.1 Å². The molecule has 3 rings (SSSR count). The van der Waals surface area contributed by atoms with Gasteiger partial charge in [-0.25, -0.2) is 4.79 Å². The SMILES string of the molecule is Cc1cc(-c2noc(C(F)(F)F)n2)ccc1NC(=O)OCc1cccnc1C. The lowest BCUT2D eigenvalue weighted by atomic mass is 10.1. The smallest absolute Gasteiger partial charge is 0.444 e. The zero-order chi connectivity index (χ0) is 20.3. The number of nitrogens with zero attached hydrogens (tertiary/aromatic N) is 3. The number of rotatable bonds is 4. The second-order valence-electron chi connectivity index (χ2n) is 5.90. The van der Waals surface area contributed by atoms with Crippen molar-refractivity contribution in [3.63, 3.8) is 0 Å². The highest BCUT2D eigenvalue weighted by Crippen LogP contribution is 2.30. The molecule has 7 nitrogen and oxygen atoms in total. The van der Waals surface area contributed by atoms with E-state index in [2.05, 4.69) is 25.0 Å². The molecule has 0 saturated heterocycles. The van der Waals surface area contributed by atoms with Crippen LogP contribution < -0.4 is 5.32 Å². The number of hydrogen-bond donors (Lipinski definition) is 1. The van der Waals surface area contributed by atoms with Crippen LogP contribution in [0.1, 0.15) is 22.7 Å². The maximum absolute atomic E-state index is 12.6. The highest BCUT2D eigenvalue weighted by atomic mass is 19.4. The summed E-state index contributed by atoms with van der Waals surface area (Å²) in [5, 5.41) is 5.91. The molecule has 0 bridgehead atoms. The molecule has 146 valence electrons. The fraction of sp³-hybridized carbons (Fsp3) is 0.222. The van der Waals surface area contributed by atoms with E-state index in [1.54, 1.807) is 25.3 Å². The highest BCUT2D eigenvalue weighted by Gasteiger charge is 2.38. The predicted molar refractivity (Wildman–Crippen MR) is 92.3 cm³/mol. The first-order chi connectivity index (χ1) is 13.2. The third kappa shape index (κ3) is 4.45. The van der Waals surface area contributed by atoms with Crippen LogP contribution in [0.2, 0.25) is 0 Å². The lowest BCUT2D eigenvalue weighted by molar-refractivity contribution is -0.159. The quantitative estimate of drug-likeness (QED) is 0.702. The van der Waals surface area contributed by atoms with Crippen LogP contribution in [0, 0.1) is 13.8 Å². The standard InChI is InChI=1S/C18H15F3N4O3/c1-10-8-12(15-24-16(28-25-15)18(19,20)21)5-6-14(10)23-17(26)27-9-13-4-3-7-22-11(13)2/h3-8H,9H2,1-2H3,(H,23,26). The number of aryl methyl sites for hydroxylation is 2. The number of anilines is 1. The molecule has 0 unspecified atom stereocenters. The van der Waals surface area contributed by atoms with Gasteiger partial charge in [0.25, 0.3) is 0 Å². The first-order valence-electron chi connectivity index (χ1n) is 8.10. The zero-order valence-electron chi connectivity index (χ0n) is 14.9. The maximum Gasteiger partial charge on any atom is 0.471 e. The van der Waals surface area contributed by atoms with E-state index in [9.17, 15) is 18.0 Å². The van der Waals surface area contributed by atoms with Crippen molar-refractivity contribution >= 4 is 11.8 Å². The summed E-state index contributed by atoms with van der Waals surface area (Å²) in [6.07, 6.45) is -3.73. The molecule has 2 heterocycles. The summed E-state index contributed by atoms with van der Waals surface area (Å²) >= 11 is 0. The second kappa shape index (κ2) is 7.67. The van der Waals surface area contributed by atoms with E-state index in [4.69, 9.17) is 4.74 Å². The van der Waals surface area contributed by atoms with E-state index in [0.717, 1.165) is 11.3 Å². The number of hydrogen-bond acceptors (Lipinski definition) is 6. The fourth-order valence-corrected chi connectivity index (χ4v) is 2.36. The van der Waals surface area contributed by atoms with Crippen LogP contribution in [0.25, 0.3) is 11.4 Å². The van der Waals surface area contributed by atoms with Gasteiger partial charge in [-0.1, -0.05) is 11.2 Å². The molecule has 0 atom stereocenters. The lowest BCUT2D eigenvalue weighted by Crippen LogP contribution is -2.14.